The Morgan fingerprint density at radius 2 is 1.71 bits per heavy atom. The van der Waals surface area contributed by atoms with Crippen molar-refractivity contribution in [3.8, 4) is 6.07 Å². The Morgan fingerprint density at radius 1 is 1.11 bits per heavy atom. The molecule has 2 N–H and O–H groups in total. The highest BCUT2D eigenvalue weighted by Gasteiger charge is 2.19. The van der Waals surface area contributed by atoms with Gasteiger partial charge in [0, 0.05) is 18.3 Å². The number of nitriles is 1. The van der Waals surface area contributed by atoms with Crippen LogP contribution in [0.2, 0.25) is 0 Å². The zero-order valence-electron chi connectivity index (χ0n) is 16.4. The number of nitrogens with zero attached hydrogens (tertiary/aromatic N) is 2. The lowest BCUT2D eigenvalue weighted by molar-refractivity contribution is -0.137. The van der Waals surface area contributed by atoms with Gasteiger partial charge in [0.05, 0.1) is 18.2 Å². The van der Waals surface area contributed by atoms with E-state index in [1.54, 1.807) is 6.07 Å². The molecule has 0 spiro atoms. The lowest BCUT2D eigenvalue weighted by Gasteiger charge is -2.23. The van der Waals surface area contributed by atoms with E-state index in [-0.39, 0.29) is 24.4 Å². The van der Waals surface area contributed by atoms with E-state index in [1.165, 1.54) is 36.2 Å². The van der Waals surface area contributed by atoms with Crippen molar-refractivity contribution >= 4 is 29.4 Å². The van der Waals surface area contributed by atoms with Crippen LogP contribution in [0.1, 0.15) is 37.6 Å². The largest absolute Gasteiger partial charge is 0.452 e. The second-order valence-corrected chi connectivity index (χ2v) is 7.08. The molecule has 28 heavy (non-hydrogen) atoms. The second kappa shape index (κ2) is 10.1. The number of benzene rings is 1. The van der Waals surface area contributed by atoms with Crippen molar-refractivity contribution < 1.29 is 23.9 Å². The van der Waals surface area contributed by atoms with E-state index < -0.39 is 29.9 Å². The minimum absolute atomic E-state index is 0.148. The first-order valence-electron chi connectivity index (χ1n) is 8.51. The molecular weight excluding hydrogens is 364 g/mol. The van der Waals surface area contributed by atoms with E-state index in [2.05, 4.69) is 10.6 Å². The number of nitrogens with one attached hydrogen (secondary N) is 2. The Morgan fingerprint density at radius 3 is 2.25 bits per heavy atom. The molecule has 9 heteroatoms. The topological polar surface area (TPSA) is 129 Å². The fourth-order valence-electron chi connectivity index (χ4n) is 2.05. The molecule has 1 aromatic rings. The van der Waals surface area contributed by atoms with Crippen molar-refractivity contribution in [3.05, 3.63) is 29.8 Å². The number of hydrogen-bond acceptors (Lipinski definition) is 6. The standard InChI is InChI=1S/C19H24N4O5/c1-19(2,3)22-16(25)11-23(4)17(26)12-28-18(27)13-5-7-14(8-6-13)21-15(24)9-10-20/h5-8H,9,11-12H2,1-4H3,(H,21,24)(H,22,25). The Kier molecular flexibility index (Phi) is 8.13. The summed E-state index contributed by atoms with van der Waals surface area (Å²) in [5, 5.41) is 13.7. The smallest absolute Gasteiger partial charge is 0.338 e. The van der Waals surface area contributed by atoms with Gasteiger partial charge < -0.3 is 20.3 Å². The van der Waals surface area contributed by atoms with Crippen LogP contribution in [-0.2, 0) is 19.1 Å². The maximum atomic E-state index is 12.0. The van der Waals surface area contributed by atoms with Crippen LogP contribution in [0.25, 0.3) is 0 Å². The zero-order valence-corrected chi connectivity index (χ0v) is 16.4. The SMILES string of the molecule is CN(CC(=O)NC(C)(C)C)C(=O)COC(=O)c1ccc(NC(=O)CC#N)cc1. The fraction of sp³-hybridized carbons (Fsp3) is 0.421. The van der Waals surface area contributed by atoms with Gasteiger partial charge in [0.1, 0.15) is 6.42 Å². The third-order valence-electron chi connectivity index (χ3n) is 3.29. The first kappa shape index (κ1) is 22.6. The van der Waals surface area contributed by atoms with Crippen LogP contribution in [-0.4, -0.2) is 54.3 Å². The predicted octanol–water partition coefficient (Wildman–Crippen LogP) is 1.07. The lowest BCUT2D eigenvalue weighted by Crippen LogP contribution is -2.46. The fourth-order valence-corrected chi connectivity index (χ4v) is 2.05. The van der Waals surface area contributed by atoms with E-state index in [0.29, 0.717) is 5.69 Å². The Bertz CT molecular complexity index is 775. The maximum Gasteiger partial charge on any atom is 0.338 e. The molecule has 0 atom stereocenters. The number of carbonyl (C=O) groups is 4. The molecule has 0 bridgehead atoms. The van der Waals surface area contributed by atoms with E-state index in [4.69, 9.17) is 10.00 Å². The molecule has 0 saturated carbocycles. The molecule has 0 heterocycles. The minimum Gasteiger partial charge on any atom is -0.452 e. The molecule has 1 rings (SSSR count). The molecular formula is C19H24N4O5. The molecule has 0 saturated heterocycles. The molecule has 0 aliphatic carbocycles. The molecule has 0 unspecified atom stereocenters. The van der Waals surface area contributed by atoms with Gasteiger partial charge in [-0.05, 0) is 45.0 Å². The van der Waals surface area contributed by atoms with Gasteiger partial charge >= 0.3 is 5.97 Å². The van der Waals surface area contributed by atoms with Crippen molar-refractivity contribution in [2.75, 3.05) is 25.5 Å². The van der Waals surface area contributed by atoms with Gasteiger partial charge in [0.2, 0.25) is 11.8 Å². The normalized spacial score (nSPS) is 10.4. The number of likely N-dealkylation sites (N-methyl/N-ethyl adjacent to an activating group) is 1. The summed E-state index contributed by atoms with van der Waals surface area (Å²) in [6.45, 7) is 4.84. The highest BCUT2D eigenvalue weighted by atomic mass is 16.5. The molecule has 0 aliphatic heterocycles. The summed E-state index contributed by atoms with van der Waals surface area (Å²) >= 11 is 0. The Labute approximate surface area is 163 Å². The summed E-state index contributed by atoms with van der Waals surface area (Å²) in [6, 6.07) is 7.55. The van der Waals surface area contributed by atoms with E-state index in [1.807, 2.05) is 20.8 Å². The average molecular weight is 388 g/mol. The van der Waals surface area contributed by atoms with Gasteiger partial charge in [-0.25, -0.2) is 4.79 Å². The van der Waals surface area contributed by atoms with Crippen LogP contribution < -0.4 is 10.6 Å². The molecule has 0 aromatic heterocycles. The number of hydrogen-bond donors (Lipinski definition) is 2. The third kappa shape index (κ3) is 8.31. The Hall–Kier alpha value is -3.41. The van der Waals surface area contributed by atoms with Crippen LogP contribution in [0.3, 0.4) is 0 Å². The first-order valence-corrected chi connectivity index (χ1v) is 8.51. The summed E-state index contributed by atoms with van der Waals surface area (Å²) in [6.07, 6.45) is -0.271. The highest BCUT2D eigenvalue weighted by molar-refractivity contribution is 5.94. The minimum atomic E-state index is -0.712. The predicted molar refractivity (Wildman–Crippen MR) is 101 cm³/mol. The Balaban J connectivity index is 2.50. The second-order valence-electron chi connectivity index (χ2n) is 7.08. The van der Waals surface area contributed by atoms with Gasteiger partial charge in [-0.3, -0.25) is 14.4 Å². The van der Waals surface area contributed by atoms with Gasteiger partial charge in [-0.2, -0.15) is 5.26 Å². The molecule has 0 radical (unpaired) electrons. The van der Waals surface area contributed by atoms with Crippen LogP contribution in [0.15, 0.2) is 24.3 Å². The van der Waals surface area contributed by atoms with E-state index >= 15 is 0 Å². The van der Waals surface area contributed by atoms with Crippen LogP contribution >= 0.6 is 0 Å². The van der Waals surface area contributed by atoms with Crippen molar-refractivity contribution in [2.45, 2.75) is 32.7 Å². The molecule has 3 amide bonds. The van der Waals surface area contributed by atoms with Gasteiger partial charge in [-0.15, -0.1) is 0 Å². The van der Waals surface area contributed by atoms with Crippen molar-refractivity contribution in [3.63, 3.8) is 0 Å². The average Bonchev–Trinajstić information content (AvgIpc) is 2.58. The summed E-state index contributed by atoms with van der Waals surface area (Å²) < 4.78 is 4.96. The number of anilines is 1. The lowest BCUT2D eigenvalue weighted by atomic mass is 10.1. The molecule has 9 nitrogen and oxygen atoms in total. The zero-order chi connectivity index (χ0) is 21.3. The summed E-state index contributed by atoms with van der Waals surface area (Å²) in [5.74, 6) is -2.00. The van der Waals surface area contributed by atoms with Gasteiger partial charge in [0.15, 0.2) is 6.61 Å². The monoisotopic (exact) mass is 388 g/mol. The number of ether oxygens (including phenoxy) is 1. The summed E-state index contributed by atoms with van der Waals surface area (Å²) in [5.41, 5.74) is 0.213. The molecule has 0 aliphatic rings. The van der Waals surface area contributed by atoms with E-state index in [0.717, 1.165) is 0 Å². The van der Waals surface area contributed by atoms with Crippen LogP contribution in [0.5, 0.6) is 0 Å². The number of esters is 1. The van der Waals surface area contributed by atoms with Crippen LogP contribution in [0, 0.1) is 11.3 Å². The van der Waals surface area contributed by atoms with Gasteiger partial charge in [-0.1, -0.05) is 0 Å². The summed E-state index contributed by atoms with van der Waals surface area (Å²) in [7, 11) is 1.44. The maximum absolute atomic E-state index is 12.0. The number of rotatable bonds is 7. The number of carbonyl (C=O) groups excluding carboxylic acids is 4. The highest BCUT2D eigenvalue weighted by Crippen LogP contribution is 2.11. The van der Waals surface area contributed by atoms with Crippen molar-refractivity contribution in [1.82, 2.24) is 10.2 Å². The van der Waals surface area contributed by atoms with Crippen LogP contribution in [0.4, 0.5) is 5.69 Å². The first-order chi connectivity index (χ1) is 13.0. The van der Waals surface area contributed by atoms with Gasteiger partial charge in [0.25, 0.3) is 5.91 Å². The molecule has 1 aromatic carbocycles. The number of amides is 3. The molecule has 0 fully saturated rings. The quantitative estimate of drug-likeness (QED) is 0.672. The summed E-state index contributed by atoms with van der Waals surface area (Å²) in [4.78, 5) is 48.3. The van der Waals surface area contributed by atoms with Crippen molar-refractivity contribution in [1.29, 1.82) is 5.26 Å². The molecule has 150 valence electrons. The third-order valence-corrected chi connectivity index (χ3v) is 3.29. The van der Waals surface area contributed by atoms with Crippen molar-refractivity contribution in [2.24, 2.45) is 0 Å². The van der Waals surface area contributed by atoms with E-state index in [9.17, 15) is 19.2 Å².